The molecule has 0 aliphatic carbocycles. The molecule has 2 heterocycles. The second kappa shape index (κ2) is 7.10. The summed E-state index contributed by atoms with van der Waals surface area (Å²) in [4.78, 5) is 8.35. The predicted octanol–water partition coefficient (Wildman–Crippen LogP) is 7.33. The molecule has 3 heteroatoms. The van der Waals surface area contributed by atoms with Crippen molar-refractivity contribution in [2.45, 2.75) is 0 Å². The van der Waals surface area contributed by atoms with Crippen molar-refractivity contribution in [1.82, 2.24) is 9.97 Å². The molecule has 28 heavy (non-hydrogen) atoms. The summed E-state index contributed by atoms with van der Waals surface area (Å²) in [5.74, 6) is 0. The fourth-order valence-corrected chi connectivity index (χ4v) is 3.79. The molecular formula is C25H17BrN2. The van der Waals surface area contributed by atoms with Crippen LogP contribution < -0.4 is 0 Å². The fraction of sp³-hybridized carbons (Fsp3) is 0. The summed E-state index contributed by atoms with van der Waals surface area (Å²) in [5, 5.41) is 1.22. The second-order valence-corrected chi connectivity index (χ2v) is 7.66. The summed E-state index contributed by atoms with van der Waals surface area (Å²) in [6.07, 6.45) is 2.08. The summed E-state index contributed by atoms with van der Waals surface area (Å²) in [5.41, 5.74) is 7.64. The van der Waals surface area contributed by atoms with Gasteiger partial charge >= 0.3 is 0 Å². The van der Waals surface area contributed by atoms with Crippen molar-refractivity contribution in [2.24, 2.45) is 0 Å². The minimum atomic E-state index is 0.967. The lowest BCUT2D eigenvalue weighted by Crippen LogP contribution is -1.91. The van der Waals surface area contributed by atoms with Crippen molar-refractivity contribution in [3.63, 3.8) is 0 Å². The topological polar surface area (TPSA) is 28.7 Å². The Kier molecular flexibility index (Phi) is 4.30. The third-order valence-electron chi connectivity index (χ3n) is 4.94. The van der Waals surface area contributed by atoms with Crippen molar-refractivity contribution in [3.05, 3.63) is 102 Å². The number of para-hydroxylation sites is 1. The van der Waals surface area contributed by atoms with Crippen LogP contribution in [0.15, 0.2) is 102 Å². The van der Waals surface area contributed by atoms with Crippen molar-refractivity contribution in [1.29, 1.82) is 0 Å². The zero-order valence-electron chi connectivity index (χ0n) is 15.1. The van der Waals surface area contributed by atoms with Crippen molar-refractivity contribution < 1.29 is 0 Å². The highest BCUT2D eigenvalue weighted by Crippen LogP contribution is 2.34. The molecule has 0 aliphatic heterocycles. The van der Waals surface area contributed by atoms with E-state index in [0.29, 0.717) is 0 Å². The Hall–Kier alpha value is -3.17. The van der Waals surface area contributed by atoms with Gasteiger partial charge in [-0.15, -0.1) is 0 Å². The number of hydrogen-bond donors (Lipinski definition) is 1. The minimum Gasteiger partial charge on any atom is -0.361 e. The molecule has 1 N–H and O–H groups in total. The van der Waals surface area contributed by atoms with E-state index in [1.165, 1.54) is 10.9 Å². The smallest absolute Gasteiger partial charge is 0.0715 e. The lowest BCUT2D eigenvalue weighted by molar-refractivity contribution is 1.32. The third kappa shape index (κ3) is 3.14. The molecule has 134 valence electrons. The Labute approximate surface area is 172 Å². The third-order valence-corrected chi connectivity index (χ3v) is 5.46. The normalized spacial score (nSPS) is 11.0. The summed E-state index contributed by atoms with van der Waals surface area (Å²) < 4.78 is 1.06. The number of halogens is 1. The number of nitrogens with zero attached hydrogens (tertiary/aromatic N) is 1. The van der Waals surface area contributed by atoms with Crippen LogP contribution in [0, 0.1) is 0 Å². The van der Waals surface area contributed by atoms with Gasteiger partial charge in [0.25, 0.3) is 0 Å². The monoisotopic (exact) mass is 424 g/mol. The van der Waals surface area contributed by atoms with Crippen LogP contribution in [0.25, 0.3) is 44.5 Å². The Bertz CT molecular complexity index is 1250. The average molecular weight is 425 g/mol. The number of pyridine rings is 1. The van der Waals surface area contributed by atoms with E-state index < -0.39 is 0 Å². The molecule has 0 bridgehead atoms. The number of rotatable bonds is 3. The summed E-state index contributed by atoms with van der Waals surface area (Å²) in [6, 6.07) is 31.4. The fourth-order valence-electron chi connectivity index (χ4n) is 3.52. The average Bonchev–Trinajstić information content (AvgIpc) is 3.19. The van der Waals surface area contributed by atoms with Crippen LogP contribution in [0.3, 0.4) is 0 Å². The Morgan fingerprint density at radius 2 is 1.29 bits per heavy atom. The molecular weight excluding hydrogens is 408 g/mol. The summed E-state index contributed by atoms with van der Waals surface area (Å²) in [7, 11) is 0. The lowest BCUT2D eigenvalue weighted by Gasteiger charge is -2.10. The Morgan fingerprint density at radius 3 is 2.04 bits per heavy atom. The molecule has 2 aromatic heterocycles. The van der Waals surface area contributed by atoms with Gasteiger partial charge in [0.2, 0.25) is 0 Å². The molecule has 5 rings (SSSR count). The molecule has 2 nitrogen and oxygen atoms in total. The van der Waals surface area contributed by atoms with E-state index in [1.54, 1.807) is 0 Å². The molecule has 0 atom stereocenters. The van der Waals surface area contributed by atoms with Crippen molar-refractivity contribution >= 4 is 26.8 Å². The van der Waals surface area contributed by atoms with Crippen LogP contribution in [0.1, 0.15) is 0 Å². The van der Waals surface area contributed by atoms with E-state index in [-0.39, 0.29) is 0 Å². The first kappa shape index (κ1) is 17.0. The summed E-state index contributed by atoms with van der Waals surface area (Å²) in [6.45, 7) is 0. The molecule has 5 aromatic rings. The number of aromatic amines is 1. The van der Waals surface area contributed by atoms with Gasteiger partial charge in [0.15, 0.2) is 0 Å². The molecule has 0 saturated heterocycles. The van der Waals surface area contributed by atoms with Gasteiger partial charge in [-0.3, -0.25) is 0 Å². The van der Waals surface area contributed by atoms with Crippen LogP contribution in [0.4, 0.5) is 0 Å². The zero-order chi connectivity index (χ0) is 18.9. The van der Waals surface area contributed by atoms with Crippen LogP contribution in [-0.2, 0) is 0 Å². The first-order chi connectivity index (χ1) is 13.8. The highest BCUT2D eigenvalue weighted by molar-refractivity contribution is 9.10. The first-order valence-corrected chi connectivity index (χ1v) is 9.97. The quantitative estimate of drug-likeness (QED) is 0.322. The number of aromatic nitrogens is 2. The molecule has 0 aliphatic rings. The van der Waals surface area contributed by atoms with Crippen molar-refractivity contribution in [3.8, 4) is 33.6 Å². The molecule has 0 saturated carbocycles. The van der Waals surface area contributed by atoms with Crippen LogP contribution in [-0.4, -0.2) is 9.97 Å². The lowest BCUT2D eigenvalue weighted by atomic mass is 9.99. The number of hydrogen-bond acceptors (Lipinski definition) is 1. The highest BCUT2D eigenvalue weighted by Gasteiger charge is 2.11. The number of H-pyrrole nitrogens is 1. The standard InChI is InChI=1S/C25H17BrN2/c26-20-12-10-18(11-13-20)25-15-19(14-24(28-25)17-6-2-1-3-7-17)22-16-27-23-9-5-4-8-21(22)23/h1-16,27H. The SMILES string of the molecule is Brc1ccc(-c2cc(-c3c[nH]c4ccccc34)cc(-c3ccccc3)n2)cc1. The van der Waals surface area contributed by atoms with E-state index in [2.05, 4.69) is 112 Å². The Morgan fingerprint density at radius 1 is 0.643 bits per heavy atom. The van der Waals surface area contributed by atoms with Gasteiger partial charge in [0.1, 0.15) is 0 Å². The predicted molar refractivity (Wildman–Crippen MR) is 120 cm³/mol. The van der Waals surface area contributed by atoms with E-state index in [9.17, 15) is 0 Å². The maximum absolute atomic E-state index is 4.97. The van der Waals surface area contributed by atoms with Crippen molar-refractivity contribution in [2.75, 3.05) is 0 Å². The zero-order valence-corrected chi connectivity index (χ0v) is 16.6. The molecule has 0 amide bonds. The van der Waals surface area contributed by atoms with Gasteiger partial charge in [-0.05, 0) is 35.9 Å². The maximum atomic E-state index is 4.97. The summed E-state index contributed by atoms with van der Waals surface area (Å²) >= 11 is 3.52. The van der Waals surface area contributed by atoms with E-state index in [0.717, 1.165) is 38.1 Å². The van der Waals surface area contributed by atoms with E-state index in [1.807, 2.05) is 6.07 Å². The maximum Gasteiger partial charge on any atom is 0.0715 e. The van der Waals surface area contributed by atoms with Gasteiger partial charge in [-0.25, -0.2) is 4.98 Å². The highest BCUT2D eigenvalue weighted by atomic mass is 79.9. The molecule has 0 radical (unpaired) electrons. The van der Waals surface area contributed by atoms with Crippen LogP contribution >= 0.6 is 15.9 Å². The minimum absolute atomic E-state index is 0.967. The van der Waals surface area contributed by atoms with Crippen LogP contribution in [0.2, 0.25) is 0 Å². The molecule has 0 unspecified atom stereocenters. The first-order valence-electron chi connectivity index (χ1n) is 9.18. The molecule has 0 fully saturated rings. The van der Waals surface area contributed by atoms with Gasteiger partial charge in [-0.1, -0.05) is 76.6 Å². The molecule has 3 aromatic carbocycles. The number of fused-ring (bicyclic) bond motifs is 1. The van der Waals surface area contributed by atoms with Gasteiger partial charge in [0, 0.05) is 38.3 Å². The number of nitrogens with one attached hydrogen (secondary N) is 1. The largest absolute Gasteiger partial charge is 0.361 e. The second-order valence-electron chi connectivity index (χ2n) is 6.75. The van der Waals surface area contributed by atoms with E-state index >= 15 is 0 Å². The Balaban J connectivity index is 1.74. The van der Waals surface area contributed by atoms with Gasteiger partial charge in [0.05, 0.1) is 11.4 Å². The molecule has 0 spiro atoms. The van der Waals surface area contributed by atoms with E-state index in [4.69, 9.17) is 4.98 Å². The van der Waals surface area contributed by atoms with Gasteiger partial charge in [-0.2, -0.15) is 0 Å². The number of benzene rings is 3. The van der Waals surface area contributed by atoms with Gasteiger partial charge < -0.3 is 4.98 Å². The van der Waals surface area contributed by atoms with Crippen LogP contribution in [0.5, 0.6) is 0 Å².